The Bertz CT molecular complexity index is 873. The van der Waals surface area contributed by atoms with Crippen molar-refractivity contribution in [3.05, 3.63) is 29.3 Å². The van der Waals surface area contributed by atoms with Crippen molar-refractivity contribution in [1.82, 2.24) is 0 Å². The normalized spacial score (nSPS) is 12.6. The number of rotatable bonds is 5. The minimum atomic E-state index is -0.964. The number of thiophene rings is 1. The number of carboxylic acids is 1. The first kappa shape index (κ1) is 14.6. The van der Waals surface area contributed by atoms with Crippen LogP contribution in [0.25, 0.3) is 21.1 Å². The van der Waals surface area contributed by atoms with E-state index in [2.05, 4.69) is 0 Å². The van der Waals surface area contributed by atoms with Crippen LogP contribution in [0, 0.1) is 5.92 Å². The Balaban J connectivity index is 2.06. The number of hydrogen-bond donors (Lipinski definition) is 1. The molecule has 0 radical (unpaired) electrons. The number of carboxylic acid groups (broad SMARTS) is 1. The first-order valence-electron chi connectivity index (χ1n) is 6.75. The van der Waals surface area contributed by atoms with Crippen LogP contribution in [0.5, 0.6) is 5.75 Å². The predicted molar refractivity (Wildman–Crippen MR) is 83.9 cm³/mol. The van der Waals surface area contributed by atoms with Crippen molar-refractivity contribution in [2.45, 2.75) is 13.3 Å². The number of methoxy groups -OCH3 is 1. The lowest BCUT2D eigenvalue weighted by molar-refractivity contribution is -0.141. The van der Waals surface area contributed by atoms with Gasteiger partial charge in [-0.05, 0) is 12.1 Å². The van der Waals surface area contributed by atoms with Gasteiger partial charge in [-0.2, -0.15) is 0 Å². The maximum Gasteiger partial charge on any atom is 0.306 e. The van der Waals surface area contributed by atoms with Crippen molar-refractivity contribution >= 4 is 44.1 Å². The summed E-state index contributed by atoms with van der Waals surface area (Å²) in [7, 11) is 1.57. The number of carbonyl (C=O) groups excluding carboxylic acids is 1. The van der Waals surface area contributed by atoms with Gasteiger partial charge in [0.05, 0.1) is 24.2 Å². The quantitative estimate of drug-likeness (QED) is 0.721. The molecule has 6 heteroatoms. The van der Waals surface area contributed by atoms with E-state index in [1.807, 2.05) is 12.1 Å². The molecule has 2 heterocycles. The summed E-state index contributed by atoms with van der Waals surface area (Å²) >= 11 is 1.34. The molecule has 0 fully saturated rings. The smallest absolute Gasteiger partial charge is 0.306 e. The van der Waals surface area contributed by atoms with Crippen molar-refractivity contribution in [3.8, 4) is 5.75 Å². The maximum atomic E-state index is 12.3. The lowest BCUT2D eigenvalue weighted by Gasteiger charge is -2.02. The van der Waals surface area contributed by atoms with Gasteiger partial charge in [-0.15, -0.1) is 11.3 Å². The highest BCUT2D eigenvalue weighted by atomic mass is 32.1. The first-order chi connectivity index (χ1) is 10.5. The number of carbonyl (C=O) groups is 2. The monoisotopic (exact) mass is 318 g/mol. The number of ether oxygens (including phenoxy) is 1. The van der Waals surface area contributed by atoms with Crippen LogP contribution in [-0.4, -0.2) is 24.0 Å². The van der Waals surface area contributed by atoms with Crippen LogP contribution < -0.4 is 4.74 Å². The van der Waals surface area contributed by atoms with E-state index in [-0.39, 0.29) is 12.2 Å². The molecule has 1 atom stereocenters. The molecule has 0 aliphatic heterocycles. The third kappa shape index (κ3) is 2.35. The Kier molecular flexibility index (Phi) is 3.62. The fourth-order valence-corrected chi connectivity index (χ4v) is 3.43. The highest BCUT2D eigenvalue weighted by Crippen LogP contribution is 2.38. The van der Waals surface area contributed by atoms with Gasteiger partial charge in [0, 0.05) is 28.0 Å². The number of benzene rings is 1. The number of Topliss-reactive ketones (excluding diaryl/α,β-unsaturated/α-hetero) is 1. The Hall–Kier alpha value is -2.34. The third-order valence-electron chi connectivity index (χ3n) is 3.61. The average Bonchev–Trinajstić information content (AvgIpc) is 3.11. The SMILES string of the molecule is COc1cc2sc(C(=O)CC(C)C(=O)O)cc2c2ccoc12. The molecule has 1 unspecified atom stereocenters. The summed E-state index contributed by atoms with van der Waals surface area (Å²) in [5, 5.41) is 10.7. The van der Waals surface area contributed by atoms with E-state index < -0.39 is 11.9 Å². The van der Waals surface area contributed by atoms with Crippen molar-refractivity contribution in [3.63, 3.8) is 0 Å². The summed E-state index contributed by atoms with van der Waals surface area (Å²) < 4.78 is 11.7. The van der Waals surface area contributed by atoms with Crippen molar-refractivity contribution in [2.24, 2.45) is 5.92 Å². The van der Waals surface area contributed by atoms with Crippen LogP contribution in [-0.2, 0) is 4.79 Å². The summed E-state index contributed by atoms with van der Waals surface area (Å²) in [4.78, 5) is 23.7. The molecule has 0 aliphatic carbocycles. The zero-order valence-electron chi connectivity index (χ0n) is 12.1. The number of fused-ring (bicyclic) bond motifs is 3. The molecule has 1 N–H and O–H groups in total. The fraction of sp³-hybridized carbons (Fsp3) is 0.250. The molecule has 114 valence electrons. The highest BCUT2D eigenvalue weighted by Gasteiger charge is 2.20. The number of aliphatic carboxylic acids is 1. The van der Waals surface area contributed by atoms with Crippen molar-refractivity contribution in [1.29, 1.82) is 0 Å². The van der Waals surface area contributed by atoms with Crippen LogP contribution in [0.1, 0.15) is 23.0 Å². The molecule has 2 aromatic heterocycles. The molecule has 3 rings (SSSR count). The van der Waals surface area contributed by atoms with Crippen molar-refractivity contribution in [2.75, 3.05) is 7.11 Å². The van der Waals surface area contributed by atoms with Crippen molar-refractivity contribution < 1.29 is 23.8 Å². The lowest BCUT2D eigenvalue weighted by Crippen LogP contribution is -2.13. The van der Waals surface area contributed by atoms with Gasteiger partial charge in [-0.3, -0.25) is 9.59 Å². The summed E-state index contributed by atoms with van der Waals surface area (Å²) in [6.07, 6.45) is 1.58. The summed E-state index contributed by atoms with van der Waals surface area (Å²) in [6.45, 7) is 1.53. The van der Waals surface area contributed by atoms with Crippen LogP contribution in [0.4, 0.5) is 0 Å². The molecule has 0 saturated carbocycles. The van der Waals surface area contributed by atoms with Gasteiger partial charge < -0.3 is 14.3 Å². The molecule has 3 aromatic rings. The van der Waals surface area contributed by atoms with E-state index >= 15 is 0 Å². The lowest BCUT2D eigenvalue weighted by atomic mass is 10.0. The zero-order chi connectivity index (χ0) is 15.9. The number of ketones is 1. The average molecular weight is 318 g/mol. The summed E-state index contributed by atoms with van der Waals surface area (Å²) in [6, 6.07) is 5.47. The molecule has 0 amide bonds. The Labute approximate surface area is 130 Å². The second-order valence-corrected chi connectivity index (χ2v) is 6.22. The van der Waals surface area contributed by atoms with E-state index in [4.69, 9.17) is 14.3 Å². The van der Waals surface area contributed by atoms with Gasteiger partial charge in [0.1, 0.15) is 0 Å². The second kappa shape index (κ2) is 5.46. The van der Waals surface area contributed by atoms with E-state index in [0.717, 1.165) is 15.5 Å². The molecule has 0 spiro atoms. The summed E-state index contributed by atoms with van der Waals surface area (Å²) in [5.74, 6) is -1.20. The standard InChI is InChI=1S/C16H14O5S/c1-8(16(18)19)5-11(17)14-6-10-9-3-4-21-15(9)12(20-2)7-13(10)22-14/h3-4,6-8H,5H2,1-2H3,(H,18,19). The Morgan fingerprint density at radius 3 is 2.82 bits per heavy atom. The predicted octanol–water partition coefficient (Wildman–Crippen LogP) is 3.95. The molecule has 5 nitrogen and oxygen atoms in total. The van der Waals surface area contributed by atoms with E-state index in [9.17, 15) is 9.59 Å². The minimum absolute atomic E-state index is 0.00613. The number of hydrogen-bond acceptors (Lipinski definition) is 5. The molecule has 0 aliphatic rings. The maximum absolute atomic E-state index is 12.3. The minimum Gasteiger partial charge on any atom is -0.493 e. The molecule has 0 saturated heterocycles. The molecule has 0 bridgehead atoms. The van der Waals surface area contributed by atoms with Gasteiger partial charge >= 0.3 is 5.97 Å². The van der Waals surface area contributed by atoms with Crippen LogP contribution >= 0.6 is 11.3 Å². The Morgan fingerprint density at radius 1 is 1.36 bits per heavy atom. The first-order valence-corrected chi connectivity index (χ1v) is 7.56. The fourth-order valence-electron chi connectivity index (χ4n) is 2.37. The summed E-state index contributed by atoms with van der Waals surface area (Å²) in [5.41, 5.74) is 0.644. The van der Waals surface area contributed by atoms with Gasteiger partial charge in [0.25, 0.3) is 0 Å². The van der Waals surface area contributed by atoms with Gasteiger partial charge in [0.15, 0.2) is 17.1 Å². The third-order valence-corrected chi connectivity index (χ3v) is 4.73. The van der Waals surface area contributed by atoms with Crippen LogP contribution in [0.15, 0.2) is 28.9 Å². The second-order valence-electron chi connectivity index (χ2n) is 5.13. The molecular weight excluding hydrogens is 304 g/mol. The molecule has 22 heavy (non-hydrogen) atoms. The van der Waals surface area contributed by atoms with Crippen LogP contribution in [0.2, 0.25) is 0 Å². The van der Waals surface area contributed by atoms with Gasteiger partial charge in [-0.25, -0.2) is 0 Å². The van der Waals surface area contributed by atoms with E-state index in [1.54, 1.807) is 19.4 Å². The van der Waals surface area contributed by atoms with Gasteiger partial charge in [0.2, 0.25) is 0 Å². The topological polar surface area (TPSA) is 76.7 Å². The Morgan fingerprint density at radius 2 is 2.14 bits per heavy atom. The van der Waals surface area contributed by atoms with E-state index in [0.29, 0.717) is 16.2 Å². The zero-order valence-corrected chi connectivity index (χ0v) is 12.9. The highest BCUT2D eigenvalue weighted by molar-refractivity contribution is 7.21. The largest absolute Gasteiger partial charge is 0.493 e. The van der Waals surface area contributed by atoms with Gasteiger partial charge in [-0.1, -0.05) is 6.92 Å². The van der Waals surface area contributed by atoms with Crippen LogP contribution in [0.3, 0.4) is 0 Å². The number of furan rings is 1. The molecular formula is C16H14O5S. The van der Waals surface area contributed by atoms with E-state index in [1.165, 1.54) is 18.3 Å². The molecule has 1 aromatic carbocycles.